The van der Waals surface area contributed by atoms with Gasteiger partial charge in [-0.3, -0.25) is 4.57 Å². The van der Waals surface area contributed by atoms with E-state index in [-0.39, 0.29) is 16.9 Å². The molecule has 0 bridgehead atoms. The molecule has 0 saturated carbocycles. The van der Waals surface area contributed by atoms with E-state index in [4.69, 9.17) is 16.3 Å². The fourth-order valence-corrected chi connectivity index (χ4v) is 1.33. The molecule has 0 atom stereocenters. The van der Waals surface area contributed by atoms with Crippen molar-refractivity contribution >= 4 is 11.6 Å². The predicted octanol–water partition coefficient (Wildman–Crippen LogP) is 2.28. The summed E-state index contributed by atoms with van der Waals surface area (Å²) < 4.78 is 7.33. The van der Waals surface area contributed by atoms with Crippen LogP contribution in [0, 0.1) is 0 Å². The molecule has 0 radical (unpaired) electrons. The van der Waals surface area contributed by atoms with Gasteiger partial charge in [0.25, 0.3) is 0 Å². The van der Waals surface area contributed by atoms with Crippen molar-refractivity contribution in [2.75, 3.05) is 0 Å². The van der Waals surface area contributed by atoms with E-state index in [1.807, 2.05) is 20.8 Å². The zero-order chi connectivity index (χ0) is 13.2. The molecule has 0 amide bonds. The Morgan fingerprint density at radius 2 is 2.11 bits per heavy atom. The highest BCUT2D eigenvalue weighted by molar-refractivity contribution is 6.28. The summed E-state index contributed by atoms with van der Waals surface area (Å²) in [6, 6.07) is 0.213. The zero-order valence-corrected chi connectivity index (χ0v) is 11.2. The molecule has 0 unspecified atom stereocenters. The van der Waals surface area contributed by atoms with E-state index in [1.165, 1.54) is 0 Å². The Balaban J connectivity index is 2.33. The van der Waals surface area contributed by atoms with Gasteiger partial charge in [-0.2, -0.15) is 15.0 Å². The highest BCUT2D eigenvalue weighted by atomic mass is 35.5. The van der Waals surface area contributed by atoms with E-state index in [2.05, 4.69) is 19.9 Å². The minimum atomic E-state index is -0.350. The van der Waals surface area contributed by atoms with Gasteiger partial charge in [0.2, 0.25) is 11.2 Å². The van der Waals surface area contributed by atoms with Crippen molar-refractivity contribution in [3.8, 4) is 12.0 Å². The van der Waals surface area contributed by atoms with Crippen molar-refractivity contribution in [1.82, 2.24) is 24.5 Å². The Kier molecular flexibility index (Phi) is 3.47. The fourth-order valence-electron chi connectivity index (χ4n) is 1.18. The lowest BCUT2D eigenvalue weighted by Gasteiger charge is -2.23. The second-order valence-corrected chi connectivity index (χ2v) is 4.71. The second-order valence-electron chi connectivity index (χ2n) is 4.37. The van der Waals surface area contributed by atoms with E-state index in [0.29, 0.717) is 5.95 Å². The zero-order valence-electron chi connectivity index (χ0n) is 10.5. The van der Waals surface area contributed by atoms with E-state index in [0.717, 1.165) is 6.42 Å². The SMILES string of the molecule is CCC(C)(C)Oc1nc(Cl)nc(-n2ccnc2)n1. The van der Waals surface area contributed by atoms with Gasteiger partial charge in [0, 0.05) is 12.4 Å². The summed E-state index contributed by atoms with van der Waals surface area (Å²) in [4.78, 5) is 16.1. The van der Waals surface area contributed by atoms with Crippen LogP contribution in [0.25, 0.3) is 5.95 Å². The van der Waals surface area contributed by atoms with Crippen LogP contribution in [0.3, 0.4) is 0 Å². The number of ether oxygens (including phenoxy) is 1. The van der Waals surface area contributed by atoms with Crippen LogP contribution in [0.5, 0.6) is 6.01 Å². The molecule has 0 spiro atoms. The third-order valence-electron chi connectivity index (χ3n) is 2.53. The van der Waals surface area contributed by atoms with Gasteiger partial charge in [-0.1, -0.05) is 6.92 Å². The molecule has 2 heterocycles. The maximum atomic E-state index is 5.86. The number of imidazole rings is 1. The van der Waals surface area contributed by atoms with Crippen molar-refractivity contribution in [2.45, 2.75) is 32.8 Å². The van der Waals surface area contributed by atoms with Crippen LogP contribution in [-0.4, -0.2) is 30.1 Å². The van der Waals surface area contributed by atoms with Crippen LogP contribution in [0.15, 0.2) is 18.7 Å². The first kappa shape index (κ1) is 12.8. The third kappa shape index (κ3) is 2.95. The lowest BCUT2D eigenvalue weighted by Crippen LogP contribution is -2.28. The molecule has 7 heteroatoms. The smallest absolute Gasteiger partial charge is 0.323 e. The van der Waals surface area contributed by atoms with Gasteiger partial charge >= 0.3 is 6.01 Å². The molecule has 96 valence electrons. The molecule has 2 rings (SSSR count). The molecule has 0 aliphatic carbocycles. The van der Waals surface area contributed by atoms with Crippen LogP contribution in [0.4, 0.5) is 0 Å². The number of hydrogen-bond acceptors (Lipinski definition) is 5. The van der Waals surface area contributed by atoms with Crippen molar-refractivity contribution in [1.29, 1.82) is 0 Å². The van der Waals surface area contributed by atoms with Crippen molar-refractivity contribution in [3.05, 3.63) is 24.0 Å². The second kappa shape index (κ2) is 4.89. The van der Waals surface area contributed by atoms with Gasteiger partial charge in [-0.15, -0.1) is 0 Å². The lowest BCUT2D eigenvalue weighted by atomic mass is 10.1. The average Bonchev–Trinajstić information content (AvgIpc) is 2.81. The lowest BCUT2D eigenvalue weighted by molar-refractivity contribution is 0.0921. The normalized spacial score (nSPS) is 11.6. The summed E-state index contributed by atoms with van der Waals surface area (Å²) in [6.45, 7) is 5.95. The number of aromatic nitrogens is 5. The topological polar surface area (TPSA) is 65.7 Å². The molecule has 6 nitrogen and oxygen atoms in total. The molecule has 2 aromatic heterocycles. The first-order valence-corrected chi connectivity index (χ1v) is 5.97. The van der Waals surface area contributed by atoms with E-state index in [1.54, 1.807) is 23.3 Å². The molecule has 0 aliphatic rings. The molecule has 0 aromatic carbocycles. The summed E-state index contributed by atoms with van der Waals surface area (Å²) in [6.07, 6.45) is 5.77. The summed E-state index contributed by atoms with van der Waals surface area (Å²) in [5, 5.41) is 0.0932. The van der Waals surface area contributed by atoms with Gasteiger partial charge in [0.1, 0.15) is 11.9 Å². The summed E-state index contributed by atoms with van der Waals surface area (Å²) >= 11 is 5.86. The number of rotatable bonds is 4. The predicted molar refractivity (Wildman–Crippen MR) is 67.0 cm³/mol. The number of nitrogens with zero attached hydrogens (tertiary/aromatic N) is 5. The highest BCUT2D eigenvalue weighted by Crippen LogP contribution is 2.19. The molecule has 0 saturated heterocycles. The van der Waals surface area contributed by atoms with Crippen LogP contribution in [0.2, 0.25) is 5.28 Å². The maximum absolute atomic E-state index is 5.86. The van der Waals surface area contributed by atoms with Crippen LogP contribution < -0.4 is 4.74 Å². The Labute approximate surface area is 110 Å². The molecule has 18 heavy (non-hydrogen) atoms. The van der Waals surface area contributed by atoms with E-state index in [9.17, 15) is 0 Å². The van der Waals surface area contributed by atoms with Gasteiger partial charge in [0.05, 0.1) is 0 Å². The Bertz CT molecular complexity index is 526. The van der Waals surface area contributed by atoms with Gasteiger partial charge < -0.3 is 4.74 Å². The van der Waals surface area contributed by atoms with E-state index < -0.39 is 0 Å². The van der Waals surface area contributed by atoms with Gasteiger partial charge in [-0.05, 0) is 31.9 Å². The van der Waals surface area contributed by atoms with Crippen molar-refractivity contribution < 1.29 is 4.74 Å². The Morgan fingerprint density at radius 1 is 1.33 bits per heavy atom. The van der Waals surface area contributed by atoms with E-state index >= 15 is 0 Å². The Morgan fingerprint density at radius 3 is 2.72 bits per heavy atom. The molecule has 0 fully saturated rings. The van der Waals surface area contributed by atoms with Crippen LogP contribution >= 0.6 is 11.6 Å². The number of hydrogen-bond donors (Lipinski definition) is 0. The standard InChI is InChI=1S/C11H14ClN5O/c1-4-11(2,3)18-10-15-8(12)14-9(16-10)17-6-5-13-7-17/h5-7H,4H2,1-3H3. The molecular formula is C11H14ClN5O. The minimum Gasteiger partial charge on any atom is -0.457 e. The molecular weight excluding hydrogens is 254 g/mol. The molecule has 0 aliphatic heterocycles. The third-order valence-corrected chi connectivity index (χ3v) is 2.70. The van der Waals surface area contributed by atoms with Gasteiger partial charge in [0.15, 0.2) is 0 Å². The molecule has 2 aromatic rings. The van der Waals surface area contributed by atoms with Gasteiger partial charge in [-0.25, -0.2) is 4.98 Å². The summed E-state index contributed by atoms with van der Waals surface area (Å²) in [7, 11) is 0. The van der Waals surface area contributed by atoms with Crippen LogP contribution in [0.1, 0.15) is 27.2 Å². The minimum absolute atomic E-state index is 0.0932. The summed E-state index contributed by atoms with van der Waals surface area (Å²) in [5.41, 5.74) is -0.350. The first-order valence-electron chi connectivity index (χ1n) is 5.59. The largest absolute Gasteiger partial charge is 0.457 e. The van der Waals surface area contributed by atoms with Crippen molar-refractivity contribution in [2.24, 2.45) is 0 Å². The Hall–Kier alpha value is -1.69. The van der Waals surface area contributed by atoms with Crippen molar-refractivity contribution in [3.63, 3.8) is 0 Å². The number of halogens is 1. The fraction of sp³-hybridized carbons (Fsp3) is 0.455. The monoisotopic (exact) mass is 267 g/mol. The van der Waals surface area contributed by atoms with Crippen LogP contribution in [-0.2, 0) is 0 Å². The maximum Gasteiger partial charge on any atom is 0.323 e. The molecule has 0 N–H and O–H groups in total. The average molecular weight is 268 g/mol. The summed E-state index contributed by atoms with van der Waals surface area (Å²) in [5.74, 6) is 0.384. The highest BCUT2D eigenvalue weighted by Gasteiger charge is 2.19. The quantitative estimate of drug-likeness (QED) is 0.850. The first-order chi connectivity index (χ1) is 8.50.